The van der Waals surface area contributed by atoms with E-state index in [1.54, 1.807) is 0 Å². The molecule has 0 aliphatic rings. The van der Waals surface area contributed by atoms with Gasteiger partial charge in [-0.15, -0.1) is 11.8 Å². The molecule has 0 N–H and O–H groups in total. The number of hydrogen-bond acceptors (Lipinski definition) is 1. The highest BCUT2D eigenvalue weighted by molar-refractivity contribution is 7.98. The van der Waals surface area contributed by atoms with Gasteiger partial charge in [-0.05, 0) is 36.8 Å². The fourth-order valence-corrected chi connectivity index (χ4v) is 2.09. The van der Waals surface area contributed by atoms with E-state index in [0.29, 0.717) is 0 Å². The van der Waals surface area contributed by atoms with Crippen LogP contribution in [0.1, 0.15) is 25.8 Å². The SMILES string of the molecule is C/C=C(/CC)c1ccccc1SC. The van der Waals surface area contributed by atoms with Gasteiger partial charge in [0.1, 0.15) is 0 Å². The van der Waals surface area contributed by atoms with E-state index < -0.39 is 0 Å². The van der Waals surface area contributed by atoms with Crippen molar-refractivity contribution < 1.29 is 0 Å². The highest BCUT2D eigenvalue weighted by Crippen LogP contribution is 2.27. The number of benzene rings is 1. The smallest absolute Gasteiger partial charge is 0.0144 e. The number of hydrogen-bond donors (Lipinski definition) is 0. The van der Waals surface area contributed by atoms with Gasteiger partial charge in [0.05, 0.1) is 0 Å². The van der Waals surface area contributed by atoms with Crippen LogP contribution in [0.3, 0.4) is 0 Å². The average Bonchev–Trinajstić information content (AvgIpc) is 2.20. The molecular weight excluding hydrogens is 176 g/mol. The Morgan fingerprint density at radius 2 is 2.08 bits per heavy atom. The molecule has 0 aliphatic carbocycles. The van der Waals surface area contributed by atoms with E-state index in [4.69, 9.17) is 0 Å². The minimum atomic E-state index is 1.11. The van der Waals surface area contributed by atoms with Crippen LogP contribution >= 0.6 is 11.8 Å². The Hall–Kier alpha value is -0.690. The largest absolute Gasteiger partial charge is 0.129 e. The van der Waals surface area contributed by atoms with Gasteiger partial charge in [-0.25, -0.2) is 0 Å². The molecule has 0 nitrogen and oxygen atoms in total. The zero-order chi connectivity index (χ0) is 9.68. The summed E-state index contributed by atoms with van der Waals surface area (Å²) >= 11 is 1.81. The van der Waals surface area contributed by atoms with Crippen molar-refractivity contribution in [2.75, 3.05) is 6.26 Å². The molecule has 0 amide bonds. The maximum Gasteiger partial charge on any atom is 0.0144 e. The topological polar surface area (TPSA) is 0 Å². The second-order valence-corrected chi connectivity index (χ2v) is 3.72. The number of allylic oxidation sites excluding steroid dienone is 2. The minimum absolute atomic E-state index is 1.11. The van der Waals surface area contributed by atoms with Crippen molar-refractivity contribution in [3.8, 4) is 0 Å². The fraction of sp³-hybridized carbons (Fsp3) is 0.333. The molecular formula is C12H16S. The molecule has 1 heteroatoms. The van der Waals surface area contributed by atoms with Gasteiger partial charge in [0.25, 0.3) is 0 Å². The number of rotatable bonds is 3. The Balaban J connectivity index is 3.12. The summed E-state index contributed by atoms with van der Waals surface area (Å²) in [6.45, 7) is 4.31. The maximum atomic E-state index is 2.20. The molecule has 0 unspecified atom stereocenters. The molecule has 0 saturated carbocycles. The molecule has 0 aromatic heterocycles. The predicted octanol–water partition coefficient (Wildman–Crippen LogP) is 4.22. The van der Waals surface area contributed by atoms with Gasteiger partial charge in [0.15, 0.2) is 0 Å². The van der Waals surface area contributed by atoms with E-state index in [2.05, 4.69) is 50.4 Å². The molecule has 1 aromatic rings. The molecule has 0 bridgehead atoms. The van der Waals surface area contributed by atoms with Gasteiger partial charge in [0.2, 0.25) is 0 Å². The summed E-state index contributed by atoms with van der Waals surface area (Å²) in [5, 5.41) is 0. The van der Waals surface area contributed by atoms with E-state index in [1.165, 1.54) is 16.0 Å². The van der Waals surface area contributed by atoms with Crippen LogP contribution in [-0.4, -0.2) is 6.26 Å². The second kappa shape index (κ2) is 5.13. The van der Waals surface area contributed by atoms with Crippen molar-refractivity contribution in [1.82, 2.24) is 0 Å². The van der Waals surface area contributed by atoms with Crippen LogP contribution in [0.5, 0.6) is 0 Å². The Labute approximate surface area is 85.1 Å². The maximum absolute atomic E-state index is 2.20. The minimum Gasteiger partial charge on any atom is -0.129 e. The second-order valence-electron chi connectivity index (χ2n) is 2.87. The first-order chi connectivity index (χ1) is 6.33. The predicted molar refractivity (Wildman–Crippen MR) is 62.2 cm³/mol. The molecule has 0 fully saturated rings. The van der Waals surface area contributed by atoms with Crippen LogP contribution in [0.15, 0.2) is 35.2 Å². The monoisotopic (exact) mass is 192 g/mol. The standard InChI is InChI=1S/C12H16S/c1-4-10(5-2)11-8-6-7-9-12(11)13-3/h4,6-9H,5H2,1-3H3/b10-4-. The van der Waals surface area contributed by atoms with Gasteiger partial charge in [0, 0.05) is 4.90 Å². The first-order valence-corrected chi connectivity index (χ1v) is 5.84. The summed E-state index contributed by atoms with van der Waals surface area (Å²) in [6.07, 6.45) is 5.44. The van der Waals surface area contributed by atoms with Gasteiger partial charge < -0.3 is 0 Å². The van der Waals surface area contributed by atoms with Crippen molar-refractivity contribution in [3.05, 3.63) is 35.9 Å². The quantitative estimate of drug-likeness (QED) is 0.646. The van der Waals surface area contributed by atoms with Crippen molar-refractivity contribution in [2.45, 2.75) is 25.2 Å². The third-order valence-electron chi connectivity index (χ3n) is 2.18. The lowest BCUT2D eigenvalue weighted by Gasteiger charge is -2.08. The van der Waals surface area contributed by atoms with Crippen LogP contribution in [-0.2, 0) is 0 Å². The Kier molecular flexibility index (Phi) is 4.10. The van der Waals surface area contributed by atoms with Crippen LogP contribution in [0.25, 0.3) is 5.57 Å². The first-order valence-electron chi connectivity index (χ1n) is 4.62. The van der Waals surface area contributed by atoms with Crippen molar-refractivity contribution in [1.29, 1.82) is 0 Å². The molecule has 0 heterocycles. The van der Waals surface area contributed by atoms with Gasteiger partial charge in [-0.1, -0.05) is 31.2 Å². The lowest BCUT2D eigenvalue weighted by atomic mass is 10.0. The van der Waals surface area contributed by atoms with E-state index in [-0.39, 0.29) is 0 Å². The van der Waals surface area contributed by atoms with E-state index in [1.807, 2.05) is 11.8 Å². The zero-order valence-electron chi connectivity index (χ0n) is 8.50. The van der Waals surface area contributed by atoms with Crippen molar-refractivity contribution in [3.63, 3.8) is 0 Å². The van der Waals surface area contributed by atoms with Gasteiger partial charge in [-0.2, -0.15) is 0 Å². The molecule has 1 aromatic carbocycles. The lowest BCUT2D eigenvalue weighted by molar-refractivity contribution is 1.21. The van der Waals surface area contributed by atoms with Gasteiger partial charge in [-0.3, -0.25) is 0 Å². The van der Waals surface area contributed by atoms with E-state index >= 15 is 0 Å². The van der Waals surface area contributed by atoms with E-state index in [9.17, 15) is 0 Å². The average molecular weight is 192 g/mol. The summed E-state index contributed by atoms with van der Waals surface area (Å²) in [5.41, 5.74) is 2.82. The van der Waals surface area contributed by atoms with Crippen molar-refractivity contribution >= 4 is 17.3 Å². The zero-order valence-corrected chi connectivity index (χ0v) is 9.32. The highest BCUT2D eigenvalue weighted by Gasteiger charge is 2.02. The molecule has 0 spiro atoms. The summed E-state index contributed by atoms with van der Waals surface area (Å²) in [7, 11) is 0. The first kappa shape index (κ1) is 10.4. The molecule has 0 saturated heterocycles. The van der Waals surface area contributed by atoms with Crippen LogP contribution in [0.4, 0.5) is 0 Å². The van der Waals surface area contributed by atoms with E-state index in [0.717, 1.165) is 6.42 Å². The summed E-state index contributed by atoms with van der Waals surface area (Å²) in [6, 6.07) is 8.58. The number of thioether (sulfide) groups is 1. The molecule has 0 aliphatic heterocycles. The summed E-state index contributed by atoms with van der Waals surface area (Å²) in [4.78, 5) is 1.37. The van der Waals surface area contributed by atoms with Crippen LogP contribution < -0.4 is 0 Å². The molecule has 1 rings (SSSR count). The van der Waals surface area contributed by atoms with Gasteiger partial charge >= 0.3 is 0 Å². The summed E-state index contributed by atoms with van der Waals surface area (Å²) < 4.78 is 0. The Morgan fingerprint density at radius 3 is 2.62 bits per heavy atom. The highest BCUT2D eigenvalue weighted by atomic mass is 32.2. The molecule has 0 atom stereocenters. The van der Waals surface area contributed by atoms with Crippen molar-refractivity contribution in [2.24, 2.45) is 0 Å². The third-order valence-corrected chi connectivity index (χ3v) is 2.98. The fourth-order valence-electron chi connectivity index (χ4n) is 1.46. The Morgan fingerprint density at radius 1 is 1.38 bits per heavy atom. The lowest BCUT2D eigenvalue weighted by Crippen LogP contribution is -1.85. The molecule has 13 heavy (non-hydrogen) atoms. The summed E-state index contributed by atoms with van der Waals surface area (Å²) in [5.74, 6) is 0. The third kappa shape index (κ3) is 2.38. The van der Waals surface area contributed by atoms with Crippen LogP contribution in [0, 0.1) is 0 Å². The normalized spacial score (nSPS) is 11.8. The Bertz CT molecular complexity index is 300. The molecule has 70 valence electrons. The molecule has 0 radical (unpaired) electrons. The van der Waals surface area contributed by atoms with Crippen LogP contribution in [0.2, 0.25) is 0 Å².